The fourth-order valence-electron chi connectivity index (χ4n) is 1.86. The second-order valence-electron chi connectivity index (χ2n) is 4.73. The molecule has 3 nitrogen and oxygen atoms in total. The molecular formula is C13H22N2OS. The highest BCUT2D eigenvalue weighted by molar-refractivity contribution is 7.11. The van der Waals surface area contributed by atoms with Gasteiger partial charge in [-0.2, -0.15) is 0 Å². The predicted octanol–water partition coefficient (Wildman–Crippen LogP) is 2.74. The van der Waals surface area contributed by atoms with Crippen molar-refractivity contribution < 1.29 is 4.74 Å². The van der Waals surface area contributed by atoms with Gasteiger partial charge < -0.3 is 10.1 Å². The first-order chi connectivity index (χ1) is 8.33. The second-order valence-corrected chi connectivity index (χ2v) is 5.90. The van der Waals surface area contributed by atoms with E-state index in [0.29, 0.717) is 6.61 Å². The average Bonchev–Trinajstić information content (AvgIpc) is 3.03. The Balaban J connectivity index is 1.96. The van der Waals surface area contributed by atoms with Crippen LogP contribution in [0.25, 0.3) is 0 Å². The first-order valence-electron chi connectivity index (χ1n) is 6.50. The predicted molar refractivity (Wildman–Crippen MR) is 71.3 cm³/mol. The number of nitrogens with zero attached hydrogens (tertiary/aromatic N) is 1. The van der Waals surface area contributed by atoms with Gasteiger partial charge in [-0.3, -0.25) is 0 Å². The van der Waals surface area contributed by atoms with Gasteiger partial charge in [-0.1, -0.05) is 6.92 Å². The number of hydrogen-bond donors (Lipinski definition) is 1. The van der Waals surface area contributed by atoms with Crippen molar-refractivity contribution in [2.45, 2.75) is 45.8 Å². The summed E-state index contributed by atoms with van der Waals surface area (Å²) in [5.41, 5.74) is 1.14. The van der Waals surface area contributed by atoms with E-state index in [1.165, 1.54) is 35.6 Å². The zero-order valence-electron chi connectivity index (χ0n) is 10.8. The highest BCUT2D eigenvalue weighted by Crippen LogP contribution is 2.34. The third-order valence-corrected chi connectivity index (χ3v) is 4.10. The molecular weight excluding hydrogens is 232 g/mol. The van der Waals surface area contributed by atoms with E-state index in [0.717, 1.165) is 24.7 Å². The van der Waals surface area contributed by atoms with E-state index in [1.54, 1.807) is 7.11 Å². The lowest BCUT2D eigenvalue weighted by Gasteiger charge is -2.02. The van der Waals surface area contributed by atoms with Crippen LogP contribution >= 0.6 is 11.3 Å². The molecule has 1 aromatic heterocycles. The third-order valence-electron chi connectivity index (χ3n) is 2.98. The van der Waals surface area contributed by atoms with Crippen molar-refractivity contribution in [3.8, 4) is 0 Å². The maximum Gasteiger partial charge on any atom is 0.0935 e. The van der Waals surface area contributed by atoms with Crippen LogP contribution in [-0.2, 0) is 24.3 Å². The van der Waals surface area contributed by atoms with Crippen molar-refractivity contribution in [2.75, 3.05) is 13.7 Å². The van der Waals surface area contributed by atoms with Gasteiger partial charge in [0.25, 0.3) is 0 Å². The molecule has 1 N–H and O–H groups in total. The van der Waals surface area contributed by atoms with E-state index in [2.05, 4.69) is 12.2 Å². The van der Waals surface area contributed by atoms with Gasteiger partial charge >= 0.3 is 0 Å². The van der Waals surface area contributed by atoms with Crippen molar-refractivity contribution >= 4 is 11.3 Å². The largest absolute Gasteiger partial charge is 0.378 e. The number of rotatable bonds is 8. The monoisotopic (exact) mass is 254 g/mol. The number of ether oxygens (including phenoxy) is 1. The van der Waals surface area contributed by atoms with Crippen molar-refractivity contribution in [1.82, 2.24) is 10.3 Å². The number of nitrogens with one attached hydrogen (secondary N) is 1. The molecule has 0 unspecified atom stereocenters. The van der Waals surface area contributed by atoms with Crippen molar-refractivity contribution in [2.24, 2.45) is 5.92 Å². The molecule has 0 radical (unpaired) electrons. The summed E-state index contributed by atoms with van der Waals surface area (Å²) in [6, 6.07) is 0. The number of methoxy groups -OCH3 is 1. The summed E-state index contributed by atoms with van der Waals surface area (Å²) in [7, 11) is 1.74. The highest BCUT2D eigenvalue weighted by Gasteiger charge is 2.23. The van der Waals surface area contributed by atoms with Crippen molar-refractivity contribution in [3.63, 3.8) is 0 Å². The van der Waals surface area contributed by atoms with E-state index in [4.69, 9.17) is 9.72 Å². The number of aromatic nitrogens is 1. The molecule has 1 aliphatic rings. The summed E-state index contributed by atoms with van der Waals surface area (Å²) < 4.78 is 5.23. The summed E-state index contributed by atoms with van der Waals surface area (Å²) >= 11 is 1.86. The van der Waals surface area contributed by atoms with E-state index in [9.17, 15) is 0 Å². The normalized spacial score (nSPS) is 15.4. The Kier molecular flexibility index (Phi) is 4.95. The van der Waals surface area contributed by atoms with Crippen LogP contribution in [0.1, 0.15) is 41.8 Å². The third kappa shape index (κ3) is 4.05. The van der Waals surface area contributed by atoms with Crippen LogP contribution in [0.4, 0.5) is 0 Å². The van der Waals surface area contributed by atoms with Gasteiger partial charge in [0.15, 0.2) is 0 Å². The Morgan fingerprint density at radius 1 is 1.47 bits per heavy atom. The van der Waals surface area contributed by atoms with E-state index < -0.39 is 0 Å². The minimum absolute atomic E-state index is 0.643. The Morgan fingerprint density at radius 2 is 2.29 bits per heavy atom. The van der Waals surface area contributed by atoms with Gasteiger partial charge in [0.2, 0.25) is 0 Å². The zero-order valence-corrected chi connectivity index (χ0v) is 11.6. The fourth-order valence-corrected chi connectivity index (χ4v) is 3.02. The Morgan fingerprint density at radius 3 is 2.94 bits per heavy atom. The molecule has 0 spiro atoms. The van der Waals surface area contributed by atoms with Gasteiger partial charge in [-0.25, -0.2) is 4.98 Å². The SMILES string of the molecule is CCCNCc1sc(CC2CC2)nc1COC. The van der Waals surface area contributed by atoms with Gasteiger partial charge in [-0.05, 0) is 31.7 Å². The van der Waals surface area contributed by atoms with Crippen molar-refractivity contribution in [1.29, 1.82) is 0 Å². The summed E-state index contributed by atoms with van der Waals surface area (Å²) in [6.07, 6.45) is 5.13. The molecule has 17 heavy (non-hydrogen) atoms. The van der Waals surface area contributed by atoms with E-state index in [-0.39, 0.29) is 0 Å². The topological polar surface area (TPSA) is 34.2 Å². The standard InChI is InChI=1S/C13H22N2OS/c1-3-6-14-8-12-11(9-16-2)15-13(17-12)7-10-4-5-10/h10,14H,3-9H2,1-2H3. The molecule has 96 valence electrons. The smallest absolute Gasteiger partial charge is 0.0935 e. The van der Waals surface area contributed by atoms with Crippen LogP contribution < -0.4 is 5.32 Å². The van der Waals surface area contributed by atoms with Gasteiger partial charge in [0.1, 0.15) is 0 Å². The zero-order chi connectivity index (χ0) is 12.1. The molecule has 0 aliphatic heterocycles. The average molecular weight is 254 g/mol. The molecule has 1 aliphatic carbocycles. The van der Waals surface area contributed by atoms with Crippen LogP contribution in [0.5, 0.6) is 0 Å². The van der Waals surface area contributed by atoms with Crippen LogP contribution in [0, 0.1) is 5.92 Å². The van der Waals surface area contributed by atoms with Crippen LogP contribution in [0.15, 0.2) is 0 Å². The van der Waals surface area contributed by atoms with E-state index >= 15 is 0 Å². The lowest BCUT2D eigenvalue weighted by Crippen LogP contribution is -2.14. The quantitative estimate of drug-likeness (QED) is 0.724. The molecule has 0 amide bonds. The lowest BCUT2D eigenvalue weighted by molar-refractivity contribution is 0.181. The summed E-state index contributed by atoms with van der Waals surface area (Å²) in [5.74, 6) is 0.910. The lowest BCUT2D eigenvalue weighted by atomic mass is 10.3. The van der Waals surface area contributed by atoms with Gasteiger partial charge in [-0.15, -0.1) is 11.3 Å². The molecule has 1 heterocycles. The maximum absolute atomic E-state index is 5.23. The summed E-state index contributed by atoms with van der Waals surface area (Å²) in [6.45, 7) is 4.84. The molecule has 0 atom stereocenters. The summed E-state index contributed by atoms with van der Waals surface area (Å²) in [5, 5.41) is 4.75. The molecule has 2 rings (SSSR count). The van der Waals surface area contributed by atoms with Gasteiger partial charge in [0, 0.05) is 25.0 Å². The Bertz CT molecular complexity index is 347. The number of hydrogen-bond acceptors (Lipinski definition) is 4. The van der Waals surface area contributed by atoms with Crippen LogP contribution in [0.3, 0.4) is 0 Å². The second kappa shape index (κ2) is 6.47. The molecule has 0 saturated heterocycles. The molecule has 0 aromatic carbocycles. The van der Waals surface area contributed by atoms with Crippen LogP contribution in [0.2, 0.25) is 0 Å². The number of thiazole rings is 1. The van der Waals surface area contributed by atoms with E-state index in [1.807, 2.05) is 11.3 Å². The Hall–Kier alpha value is -0.450. The molecule has 0 bridgehead atoms. The first-order valence-corrected chi connectivity index (χ1v) is 7.32. The first kappa shape index (κ1) is 13.0. The fraction of sp³-hybridized carbons (Fsp3) is 0.769. The molecule has 1 aromatic rings. The van der Waals surface area contributed by atoms with Crippen molar-refractivity contribution in [3.05, 3.63) is 15.6 Å². The highest BCUT2D eigenvalue weighted by atomic mass is 32.1. The molecule has 4 heteroatoms. The molecule has 1 fully saturated rings. The minimum Gasteiger partial charge on any atom is -0.378 e. The minimum atomic E-state index is 0.643. The molecule has 1 saturated carbocycles. The maximum atomic E-state index is 5.23. The summed E-state index contributed by atoms with van der Waals surface area (Å²) in [4.78, 5) is 6.07. The Labute approximate surface area is 108 Å². The van der Waals surface area contributed by atoms with Gasteiger partial charge in [0.05, 0.1) is 17.3 Å². The van der Waals surface area contributed by atoms with Crippen LogP contribution in [-0.4, -0.2) is 18.6 Å².